The van der Waals surface area contributed by atoms with Crippen LogP contribution in [0.3, 0.4) is 0 Å². The highest BCUT2D eigenvalue weighted by molar-refractivity contribution is 5.58. The number of rotatable bonds is 3. The number of nitrogens with one attached hydrogen (secondary N) is 1. The van der Waals surface area contributed by atoms with Crippen LogP contribution in [0.25, 0.3) is 0 Å². The van der Waals surface area contributed by atoms with Crippen LogP contribution >= 0.6 is 0 Å². The van der Waals surface area contributed by atoms with E-state index >= 15 is 0 Å². The van der Waals surface area contributed by atoms with Gasteiger partial charge in [0, 0.05) is 6.04 Å². The molecule has 1 N–H and O–H groups in total. The highest BCUT2D eigenvalue weighted by Crippen LogP contribution is 2.41. The van der Waals surface area contributed by atoms with E-state index in [0.29, 0.717) is 6.04 Å². The van der Waals surface area contributed by atoms with Gasteiger partial charge in [0.25, 0.3) is 0 Å². The number of hydrogen-bond donors (Lipinski definition) is 1. The summed E-state index contributed by atoms with van der Waals surface area (Å²) in [6.07, 6.45) is 9.92. The van der Waals surface area contributed by atoms with Gasteiger partial charge in [0.05, 0.1) is 12.8 Å². The maximum Gasteiger partial charge on any atom is 0.141 e. The number of fused-ring (bicyclic) bond motifs is 1. The van der Waals surface area contributed by atoms with E-state index in [4.69, 9.17) is 4.74 Å². The molecule has 1 aromatic rings. The molecule has 2 heteroatoms. The Morgan fingerprint density at radius 2 is 1.85 bits per heavy atom. The van der Waals surface area contributed by atoms with Gasteiger partial charge < -0.3 is 10.1 Å². The molecule has 3 atom stereocenters. The molecule has 0 radical (unpaired) electrons. The van der Waals surface area contributed by atoms with E-state index in [2.05, 4.69) is 30.4 Å². The van der Waals surface area contributed by atoms with Gasteiger partial charge in [0.15, 0.2) is 0 Å². The van der Waals surface area contributed by atoms with Gasteiger partial charge in [-0.1, -0.05) is 31.7 Å². The van der Waals surface area contributed by atoms with Crippen LogP contribution < -0.4 is 10.1 Å². The highest BCUT2D eigenvalue weighted by atomic mass is 16.5. The first-order chi connectivity index (χ1) is 9.76. The fourth-order valence-electron chi connectivity index (χ4n) is 4.16. The minimum Gasteiger partial charge on any atom is -0.495 e. The minimum atomic E-state index is 0.630. The molecule has 3 rings (SSSR count). The number of hydrogen-bond acceptors (Lipinski definition) is 2. The fourth-order valence-corrected chi connectivity index (χ4v) is 4.16. The van der Waals surface area contributed by atoms with Crippen molar-refractivity contribution in [3.63, 3.8) is 0 Å². The van der Waals surface area contributed by atoms with Crippen molar-refractivity contribution in [2.75, 3.05) is 12.4 Å². The summed E-state index contributed by atoms with van der Waals surface area (Å²) in [5.41, 5.74) is 2.46. The molecule has 110 valence electrons. The summed E-state index contributed by atoms with van der Waals surface area (Å²) in [5, 5.41) is 3.75. The third kappa shape index (κ3) is 2.94. The van der Waals surface area contributed by atoms with E-state index in [1.54, 1.807) is 7.11 Å². The third-order valence-corrected chi connectivity index (χ3v) is 5.25. The Morgan fingerprint density at radius 3 is 2.65 bits per heavy atom. The Labute approximate surface area is 122 Å². The predicted octanol–water partition coefficient (Wildman–Crippen LogP) is 4.77. The summed E-state index contributed by atoms with van der Waals surface area (Å²) < 4.78 is 5.49. The van der Waals surface area contributed by atoms with Gasteiger partial charge in [-0.2, -0.15) is 0 Å². The Kier molecular flexibility index (Phi) is 4.18. The molecule has 0 saturated heterocycles. The number of methoxy groups -OCH3 is 1. The fraction of sp³-hybridized carbons (Fsp3) is 0.667. The van der Waals surface area contributed by atoms with Crippen LogP contribution in [-0.4, -0.2) is 13.2 Å². The number of aryl methyl sites for hydroxylation is 1. The summed E-state index contributed by atoms with van der Waals surface area (Å²) in [7, 11) is 1.76. The van der Waals surface area contributed by atoms with Crippen LogP contribution in [0.2, 0.25) is 0 Å². The van der Waals surface area contributed by atoms with Crippen molar-refractivity contribution < 1.29 is 4.74 Å². The largest absolute Gasteiger partial charge is 0.495 e. The molecule has 2 saturated carbocycles. The summed E-state index contributed by atoms with van der Waals surface area (Å²) in [6.45, 7) is 2.14. The standard InChI is InChI=1S/C18H27NO/c1-13-7-10-18(20-2)17(11-13)19-16-9-8-14-5-3-4-6-15(14)12-16/h7,10-11,14-16,19H,3-6,8-9,12H2,1-2H3. The van der Waals surface area contributed by atoms with Crippen molar-refractivity contribution in [2.24, 2.45) is 11.8 Å². The average molecular weight is 273 g/mol. The minimum absolute atomic E-state index is 0.630. The lowest BCUT2D eigenvalue weighted by Crippen LogP contribution is -2.34. The van der Waals surface area contributed by atoms with Crippen molar-refractivity contribution >= 4 is 5.69 Å². The average Bonchev–Trinajstić information content (AvgIpc) is 2.47. The van der Waals surface area contributed by atoms with Gasteiger partial charge >= 0.3 is 0 Å². The smallest absolute Gasteiger partial charge is 0.141 e. The van der Waals surface area contributed by atoms with Crippen LogP contribution in [0, 0.1) is 18.8 Å². The van der Waals surface area contributed by atoms with E-state index in [-0.39, 0.29) is 0 Å². The van der Waals surface area contributed by atoms with Gasteiger partial charge in [-0.15, -0.1) is 0 Å². The molecule has 3 unspecified atom stereocenters. The second-order valence-corrected chi connectivity index (χ2v) is 6.66. The van der Waals surface area contributed by atoms with Crippen molar-refractivity contribution in [3.8, 4) is 5.75 Å². The van der Waals surface area contributed by atoms with E-state index in [0.717, 1.165) is 17.6 Å². The van der Waals surface area contributed by atoms with Crippen molar-refractivity contribution in [1.29, 1.82) is 0 Å². The highest BCUT2D eigenvalue weighted by Gasteiger charge is 2.32. The summed E-state index contributed by atoms with van der Waals surface area (Å²) in [4.78, 5) is 0. The van der Waals surface area contributed by atoms with Crippen LogP contribution in [-0.2, 0) is 0 Å². The maximum absolute atomic E-state index is 5.49. The van der Waals surface area contributed by atoms with Crippen LogP contribution in [0.1, 0.15) is 50.5 Å². The Hall–Kier alpha value is -1.18. The molecule has 2 aliphatic carbocycles. The first-order valence-corrected chi connectivity index (χ1v) is 8.17. The zero-order chi connectivity index (χ0) is 13.9. The lowest BCUT2D eigenvalue weighted by molar-refractivity contribution is 0.162. The molecule has 0 aromatic heterocycles. The van der Waals surface area contributed by atoms with Crippen molar-refractivity contribution in [2.45, 2.75) is 57.9 Å². The van der Waals surface area contributed by atoms with Gasteiger partial charge in [-0.25, -0.2) is 0 Å². The molecular formula is C18H27NO. The van der Waals surface area contributed by atoms with E-state index in [1.807, 2.05) is 0 Å². The molecule has 1 aromatic carbocycles. The van der Waals surface area contributed by atoms with E-state index in [1.165, 1.54) is 56.2 Å². The Morgan fingerprint density at radius 1 is 1.05 bits per heavy atom. The van der Waals surface area contributed by atoms with Gasteiger partial charge in [-0.05, 0) is 55.7 Å². The lowest BCUT2D eigenvalue weighted by Gasteiger charge is -2.40. The molecule has 2 aliphatic rings. The normalized spacial score (nSPS) is 29.6. The van der Waals surface area contributed by atoms with Gasteiger partial charge in [-0.3, -0.25) is 0 Å². The predicted molar refractivity (Wildman–Crippen MR) is 84.4 cm³/mol. The third-order valence-electron chi connectivity index (χ3n) is 5.25. The Balaban J connectivity index is 1.67. The quantitative estimate of drug-likeness (QED) is 0.856. The summed E-state index contributed by atoms with van der Waals surface area (Å²) in [6, 6.07) is 7.03. The first-order valence-electron chi connectivity index (χ1n) is 8.17. The summed E-state index contributed by atoms with van der Waals surface area (Å²) >= 11 is 0. The molecule has 20 heavy (non-hydrogen) atoms. The van der Waals surface area contributed by atoms with Gasteiger partial charge in [0.2, 0.25) is 0 Å². The molecule has 0 aliphatic heterocycles. The molecule has 0 bridgehead atoms. The van der Waals surface area contributed by atoms with E-state index < -0.39 is 0 Å². The number of benzene rings is 1. The molecule has 2 nitrogen and oxygen atoms in total. The molecule has 2 fully saturated rings. The monoisotopic (exact) mass is 273 g/mol. The van der Waals surface area contributed by atoms with Crippen molar-refractivity contribution in [1.82, 2.24) is 0 Å². The van der Waals surface area contributed by atoms with Crippen LogP contribution in [0.4, 0.5) is 5.69 Å². The van der Waals surface area contributed by atoms with Gasteiger partial charge in [0.1, 0.15) is 5.75 Å². The number of anilines is 1. The molecular weight excluding hydrogens is 246 g/mol. The lowest BCUT2D eigenvalue weighted by atomic mass is 9.69. The molecule has 0 spiro atoms. The first kappa shape index (κ1) is 13.8. The second-order valence-electron chi connectivity index (χ2n) is 6.66. The molecule has 0 heterocycles. The topological polar surface area (TPSA) is 21.3 Å². The second kappa shape index (κ2) is 6.07. The van der Waals surface area contributed by atoms with Crippen LogP contribution in [0.15, 0.2) is 18.2 Å². The van der Waals surface area contributed by atoms with Crippen LogP contribution in [0.5, 0.6) is 5.75 Å². The zero-order valence-electron chi connectivity index (χ0n) is 12.8. The summed E-state index contributed by atoms with van der Waals surface area (Å²) in [5.74, 6) is 2.95. The maximum atomic E-state index is 5.49. The number of ether oxygens (including phenoxy) is 1. The van der Waals surface area contributed by atoms with E-state index in [9.17, 15) is 0 Å². The zero-order valence-corrected chi connectivity index (χ0v) is 12.8. The van der Waals surface area contributed by atoms with Crippen molar-refractivity contribution in [3.05, 3.63) is 23.8 Å². The molecule has 0 amide bonds. The SMILES string of the molecule is COc1ccc(C)cc1NC1CCC2CCCCC2C1. The Bertz CT molecular complexity index is 457.